The molecule has 0 aromatic heterocycles. The number of benzene rings is 3. The molecule has 8 heteroatoms. The van der Waals surface area contributed by atoms with Crippen LogP contribution in [0.15, 0.2) is 71.6 Å². The molecule has 0 radical (unpaired) electrons. The zero-order valence-electron chi connectivity index (χ0n) is 15.8. The predicted molar refractivity (Wildman–Crippen MR) is 121 cm³/mol. The molecular weight excluding hydrogens is 446 g/mol. The Bertz CT molecular complexity index is 1060. The smallest absolute Gasteiger partial charge is 0.255 e. The average Bonchev–Trinajstić information content (AvgIpc) is 2.68. The SMILES string of the molecule is CC(Sc1cccc(NC(=O)c2ccc(F)cc2)c1)C(=O)Nc1cc(Cl)cc(Cl)c1. The van der Waals surface area contributed by atoms with E-state index in [1.165, 1.54) is 36.0 Å². The van der Waals surface area contributed by atoms with Gasteiger partial charge in [-0.3, -0.25) is 9.59 Å². The number of thioether (sulfide) groups is 1. The lowest BCUT2D eigenvalue weighted by Crippen LogP contribution is -2.22. The van der Waals surface area contributed by atoms with Crippen LogP contribution in [0, 0.1) is 5.82 Å². The predicted octanol–water partition coefficient (Wildman–Crippen LogP) is 6.50. The molecule has 0 heterocycles. The van der Waals surface area contributed by atoms with E-state index in [1.807, 2.05) is 6.07 Å². The van der Waals surface area contributed by atoms with Gasteiger partial charge in [0.05, 0.1) is 5.25 Å². The van der Waals surface area contributed by atoms with Gasteiger partial charge in [-0.2, -0.15) is 0 Å². The standard InChI is InChI=1S/C22H17Cl2FN2O2S/c1-13(21(28)27-19-10-15(23)9-16(24)11-19)30-20-4-2-3-18(12-20)26-22(29)14-5-7-17(25)8-6-14/h2-13H,1H3,(H,26,29)(H,27,28). The van der Waals surface area contributed by atoms with E-state index in [-0.39, 0.29) is 11.8 Å². The van der Waals surface area contributed by atoms with Crippen molar-refractivity contribution in [2.75, 3.05) is 10.6 Å². The molecule has 0 aliphatic rings. The van der Waals surface area contributed by atoms with Crippen LogP contribution in [0.2, 0.25) is 10.0 Å². The van der Waals surface area contributed by atoms with E-state index in [0.717, 1.165) is 4.90 Å². The molecule has 0 saturated heterocycles. The number of halogens is 3. The molecule has 0 saturated carbocycles. The molecule has 1 atom stereocenters. The topological polar surface area (TPSA) is 58.2 Å². The molecule has 0 spiro atoms. The van der Waals surface area contributed by atoms with Gasteiger partial charge in [-0.05, 0) is 67.6 Å². The second-order valence-electron chi connectivity index (χ2n) is 6.40. The number of carbonyl (C=O) groups is 2. The second kappa shape index (κ2) is 9.98. The van der Waals surface area contributed by atoms with Crippen molar-refractivity contribution in [3.05, 3.63) is 88.2 Å². The molecule has 2 amide bonds. The van der Waals surface area contributed by atoms with Crippen molar-refractivity contribution in [2.24, 2.45) is 0 Å². The van der Waals surface area contributed by atoms with Crippen molar-refractivity contribution in [2.45, 2.75) is 17.1 Å². The van der Waals surface area contributed by atoms with Crippen LogP contribution >= 0.6 is 35.0 Å². The van der Waals surface area contributed by atoms with E-state index in [4.69, 9.17) is 23.2 Å². The largest absolute Gasteiger partial charge is 0.325 e. The number of nitrogens with one attached hydrogen (secondary N) is 2. The Morgan fingerprint density at radius 2 is 1.57 bits per heavy atom. The maximum Gasteiger partial charge on any atom is 0.255 e. The lowest BCUT2D eigenvalue weighted by Gasteiger charge is -2.13. The molecule has 4 nitrogen and oxygen atoms in total. The fraction of sp³-hybridized carbons (Fsp3) is 0.0909. The molecule has 0 fully saturated rings. The quantitative estimate of drug-likeness (QED) is 0.410. The molecular formula is C22H17Cl2FN2O2S. The summed E-state index contributed by atoms with van der Waals surface area (Å²) in [4.78, 5) is 25.6. The van der Waals surface area contributed by atoms with Crippen LogP contribution in [-0.2, 0) is 4.79 Å². The van der Waals surface area contributed by atoms with Gasteiger partial charge in [0.2, 0.25) is 5.91 Å². The van der Waals surface area contributed by atoms with E-state index in [9.17, 15) is 14.0 Å². The zero-order chi connectivity index (χ0) is 21.7. The van der Waals surface area contributed by atoms with Gasteiger partial charge in [0.25, 0.3) is 5.91 Å². The highest BCUT2D eigenvalue weighted by atomic mass is 35.5. The molecule has 1 unspecified atom stereocenters. The molecule has 30 heavy (non-hydrogen) atoms. The van der Waals surface area contributed by atoms with Gasteiger partial charge >= 0.3 is 0 Å². The molecule has 0 bridgehead atoms. The van der Waals surface area contributed by atoms with Crippen molar-refractivity contribution >= 4 is 58.2 Å². The fourth-order valence-corrected chi connectivity index (χ4v) is 4.03. The number of hydrogen-bond acceptors (Lipinski definition) is 3. The van der Waals surface area contributed by atoms with E-state index in [0.29, 0.717) is 27.0 Å². The Hall–Kier alpha value is -2.54. The summed E-state index contributed by atoms with van der Waals surface area (Å²) in [5.74, 6) is -0.961. The van der Waals surface area contributed by atoms with Gasteiger partial charge in [0.15, 0.2) is 0 Å². The van der Waals surface area contributed by atoms with Crippen LogP contribution in [0.25, 0.3) is 0 Å². The maximum absolute atomic E-state index is 13.0. The van der Waals surface area contributed by atoms with Gasteiger partial charge < -0.3 is 10.6 Å². The number of anilines is 2. The van der Waals surface area contributed by atoms with Crippen molar-refractivity contribution in [1.29, 1.82) is 0 Å². The summed E-state index contributed by atoms with van der Waals surface area (Å²) in [5.41, 5.74) is 1.44. The second-order valence-corrected chi connectivity index (χ2v) is 8.68. The van der Waals surface area contributed by atoms with E-state index in [1.54, 1.807) is 43.3 Å². The minimum atomic E-state index is -0.411. The fourth-order valence-electron chi connectivity index (χ4n) is 2.58. The minimum absolute atomic E-state index is 0.209. The third kappa shape index (κ3) is 6.23. The first kappa shape index (κ1) is 22.2. The molecule has 0 aliphatic heterocycles. The van der Waals surface area contributed by atoms with E-state index in [2.05, 4.69) is 10.6 Å². The third-order valence-corrected chi connectivity index (χ3v) is 5.54. The Morgan fingerprint density at radius 3 is 2.23 bits per heavy atom. The van der Waals surface area contributed by atoms with Crippen LogP contribution in [0.1, 0.15) is 17.3 Å². The highest BCUT2D eigenvalue weighted by Gasteiger charge is 2.16. The molecule has 0 aliphatic carbocycles. The number of rotatable bonds is 6. The van der Waals surface area contributed by atoms with Crippen LogP contribution < -0.4 is 10.6 Å². The first-order chi connectivity index (χ1) is 14.3. The van der Waals surface area contributed by atoms with Crippen molar-refractivity contribution in [3.63, 3.8) is 0 Å². The molecule has 2 N–H and O–H groups in total. The Kier molecular flexibility index (Phi) is 7.37. The third-order valence-electron chi connectivity index (χ3n) is 4.01. The van der Waals surface area contributed by atoms with Gasteiger partial charge in [-0.1, -0.05) is 29.3 Å². The summed E-state index contributed by atoms with van der Waals surface area (Å²) in [6, 6.07) is 17.3. The van der Waals surface area contributed by atoms with Crippen molar-refractivity contribution < 1.29 is 14.0 Å². The van der Waals surface area contributed by atoms with Crippen LogP contribution in [-0.4, -0.2) is 17.1 Å². The van der Waals surface area contributed by atoms with E-state index >= 15 is 0 Å². The van der Waals surface area contributed by atoms with Crippen LogP contribution in [0.3, 0.4) is 0 Å². The molecule has 3 aromatic carbocycles. The monoisotopic (exact) mass is 462 g/mol. The summed E-state index contributed by atoms with van der Waals surface area (Å²) in [6.45, 7) is 1.77. The molecule has 3 aromatic rings. The van der Waals surface area contributed by atoms with Crippen LogP contribution in [0.4, 0.5) is 15.8 Å². The average molecular weight is 463 g/mol. The number of amides is 2. The first-order valence-corrected chi connectivity index (χ1v) is 10.5. The van der Waals surface area contributed by atoms with Crippen molar-refractivity contribution in [1.82, 2.24) is 0 Å². The summed E-state index contributed by atoms with van der Waals surface area (Å²) in [6.07, 6.45) is 0. The van der Waals surface area contributed by atoms with Gasteiger partial charge in [-0.25, -0.2) is 4.39 Å². The van der Waals surface area contributed by atoms with E-state index < -0.39 is 11.1 Å². The minimum Gasteiger partial charge on any atom is -0.325 e. The Balaban J connectivity index is 1.63. The van der Waals surface area contributed by atoms with Gasteiger partial charge in [-0.15, -0.1) is 11.8 Å². The Labute approximate surface area is 187 Å². The summed E-state index contributed by atoms with van der Waals surface area (Å²) >= 11 is 13.3. The number of hydrogen-bond donors (Lipinski definition) is 2. The summed E-state index contributed by atoms with van der Waals surface area (Å²) in [5, 5.41) is 6.01. The summed E-state index contributed by atoms with van der Waals surface area (Å²) < 4.78 is 13.0. The van der Waals surface area contributed by atoms with Crippen molar-refractivity contribution in [3.8, 4) is 0 Å². The highest BCUT2D eigenvalue weighted by Crippen LogP contribution is 2.28. The first-order valence-electron chi connectivity index (χ1n) is 8.91. The Morgan fingerprint density at radius 1 is 0.900 bits per heavy atom. The number of carbonyl (C=O) groups excluding carboxylic acids is 2. The molecule has 154 valence electrons. The lowest BCUT2D eigenvalue weighted by molar-refractivity contribution is -0.115. The summed E-state index contributed by atoms with van der Waals surface area (Å²) in [7, 11) is 0. The van der Waals surface area contributed by atoms with Crippen LogP contribution in [0.5, 0.6) is 0 Å². The van der Waals surface area contributed by atoms with Gasteiger partial charge in [0, 0.05) is 31.9 Å². The lowest BCUT2D eigenvalue weighted by atomic mass is 10.2. The normalized spacial score (nSPS) is 11.6. The highest BCUT2D eigenvalue weighted by molar-refractivity contribution is 8.00. The maximum atomic E-state index is 13.0. The zero-order valence-corrected chi connectivity index (χ0v) is 18.1. The van der Waals surface area contributed by atoms with Gasteiger partial charge in [0.1, 0.15) is 5.82 Å². The molecule has 3 rings (SSSR count).